The molecule has 5 atom stereocenters. The third kappa shape index (κ3) is 9.38. The number of amides is 3. The number of aliphatic carboxylic acids is 1. The lowest BCUT2D eigenvalue weighted by Crippen LogP contribution is -2.58. The van der Waals surface area contributed by atoms with Crippen molar-refractivity contribution >= 4 is 36.3 Å². The number of carbonyl (C=O) groups excluding carboxylic acids is 3. The minimum atomic E-state index is -1.25. The number of hydrogen-bond acceptors (Lipinski definition) is 7. The first-order chi connectivity index (χ1) is 18.0. The van der Waals surface area contributed by atoms with E-state index in [1.165, 1.54) is 12.1 Å². The van der Waals surface area contributed by atoms with Crippen LogP contribution >= 0.6 is 12.6 Å². The van der Waals surface area contributed by atoms with Crippen molar-refractivity contribution in [3.63, 3.8) is 0 Å². The average molecular weight is 545 g/mol. The SMILES string of the molecule is CCC(C)C(N)C(=O)NC(Cc1ccc(O)cc1)C(=O)NC(Cc1ccccc1)C(=O)NC(CS)C(=O)O. The van der Waals surface area contributed by atoms with Crippen LogP contribution in [0.25, 0.3) is 0 Å². The second-order valence-electron chi connectivity index (χ2n) is 9.18. The van der Waals surface area contributed by atoms with Crippen LogP contribution in [-0.2, 0) is 32.0 Å². The van der Waals surface area contributed by atoms with E-state index in [9.17, 15) is 29.4 Å². The van der Waals surface area contributed by atoms with E-state index in [0.717, 1.165) is 5.56 Å². The Hall–Kier alpha value is -3.57. The molecule has 11 heteroatoms. The van der Waals surface area contributed by atoms with E-state index >= 15 is 0 Å². The summed E-state index contributed by atoms with van der Waals surface area (Å²) in [6, 6.07) is 10.8. The van der Waals surface area contributed by atoms with Gasteiger partial charge in [-0.15, -0.1) is 0 Å². The molecule has 0 aliphatic heterocycles. The first-order valence-electron chi connectivity index (χ1n) is 12.4. The van der Waals surface area contributed by atoms with Crippen molar-refractivity contribution in [3.8, 4) is 5.75 Å². The molecule has 0 saturated carbocycles. The van der Waals surface area contributed by atoms with Gasteiger partial charge in [-0.25, -0.2) is 4.79 Å². The summed E-state index contributed by atoms with van der Waals surface area (Å²) in [5, 5.41) is 26.7. The summed E-state index contributed by atoms with van der Waals surface area (Å²) in [7, 11) is 0. The third-order valence-corrected chi connectivity index (χ3v) is 6.65. The van der Waals surface area contributed by atoms with Crippen molar-refractivity contribution in [1.82, 2.24) is 16.0 Å². The van der Waals surface area contributed by atoms with Gasteiger partial charge in [0.2, 0.25) is 17.7 Å². The lowest BCUT2D eigenvalue weighted by Gasteiger charge is -2.26. The molecule has 7 N–H and O–H groups in total. The van der Waals surface area contributed by atoms with Crippen LogP contribution in [0.15, 0.2) is 54.6 Å². The molecule has 2 aromatic rings. The minimum absolute atomic E-state index is 0.0503. The zero-order valence-electron chi connectivity index (χ0n) is 21.5. The molecule has 0 saturated heterocycles. The Morgan fingerprint density at radius 3 is 1.76 bits per heavy atom. The van der Waals surface area contributed by atoms with Crippen LogP contribution in [0.3, 0.4) is 0 Å². The maximum Gasteiger partial charge on any atom is 0.327 e. The summed E-state index contributed by atoms with van der Waals surface area (Å²) >= 11 is 3.98. The van der Waals surface area contributed by atoms with Crippen molar-refractivity contribution in [2.75, 3.05) is 5.75 Å². The first kappa shape index (κ1) is 30.7. The predicted octanol–water partition coefficient (Wildman–Crippen LogP) is 1.02. The fourth-order valence-corrected chi connectivity index (χ4v) is 3.89. The van der Waals surface area contributed by atoms with Crippen LogP contribution in [0, 0.1) is 5.92 Å². The fraction of sp³-hybridized carbons (Fsp3) is 0.407. The Bertz CT molecular complexity index is 1080. The second-order valence-corrected chi connectivity index (χ2v) is 9.54. The largest absolute Gasteiger partial charge is 0.508 e. The van der Waals surface area contributed by atoms with Crippen molar-refractivity contribution < 1.29 is 29.4 Å². The van der Waals surface area contributed by atoms with E-state index in [-0.39, 0.29) is 30.3 Å². The number of carbonyl (C=O) groups is 4. The lowest BCUT2D eigenvalue weighted by molar-refractivity contribution is -0.141. The Labute approximate surface area is 227 Å². The maximum atomic E-state index is 13.5. The van der Waals surface area contributed by atoms with Gasteiger partial charge in [-0.1, -0.05) is 62.7 Å². The zero-order chi connectivity index (χ0) is 28.2. The molecule has 2 aromatic carbocycles. The Morgan fingerprint density at radius 2 is 1.29 bits per heavy atom. The highest BCUT2D eigenvalue weighted by molar-refractivity contribution is 7.80. The van der Waals surface area contributed by atoms with Crippen molar-refractivity contribution in [1.29, 1.82) is 0 Å². The highest BCUT2D eigenvalue weighted by Gasteiger charge is 2.31. The number of benzene rings is 2. The van der Waals surface area contributed by atoms with Crippen molar-refractivity contribution in [3.05, 3.63) is 65.7 Å². The number of hydrogen-bond donors (Lipinski definition) is 7. The quantitative estimate of drug-likeness (QED) is 0.174. The molecule has 206 valence electrons. The molecule has 0 fully saturated rings. The van der Waals surface area contributed by atoms with E-state index in [0.29, 0.717) is 12.0 Å². The van der Waals surface area contributed by atoms with Gasteiger partial charge >= 0.3 is 5.97 Å². The summed E-state index contributed by atoms with van der Waals surface area (Å²) in [6.45, 7) is 3.74. The van der Waals surface area contributed by atoms with Crippen LogP contribution in [0.1, 0.15) is 31.4 Å². The number of thiol groups is 1. The van der Waals surface area contributed by atoms with E-state index in [4.69, 9.17) is 5.73 Å². The lowest BCUT2D eigenvalue weighted by atomic mass is 9.98. The molecule has 3 amide bonds. The van der Waals surface area contributed by atoms with Gasteiger partial charge in [0.05, 0.1) is 6.04 Å². The number of nitrogens with two attached hydrogens (primary N) is 1. The number of carboxylic acid groups (broad SMARTS) is 1. The Balaban J connectivity index is 2.31. The van der Waals surface area contributed by atoms with E-state index in [2.05, 4.69) is 28.6 Å². The first-order valence-corrected chi connectivity index (χ1v) is 13.0. The number of carboxylic acids is 1. The molecule has 38 heavy (non-hydrogen) atoms. The van der Waals surface area contributed by atoms with Gasteiger partial charge in [-0.05, 0) is 29.2 Å². The highest BCUT2D eigenvalue weighted by Crippen LogP contribution is 2.13. The van der Waals surface area contributed by atoms with E-state index < -0.39 is 47.9 Å². The molecule has 0 spiro atoms. The topological polar surface area (TPSA) is 171 Å². The number of phenolic OH excluding ortho intramolecular Hbond substituents is 1. The molecule has 0 bridgehead atoms. The smallest absolute Gasteiger partial charge is 0.327 e. The molecular weight excluding hydrogens is 508 g/mol. The highest BCUT2D eigenvalue weighted by atomic mass is 32.1. The van der Waals surface area contributed by atoms with Gasteiger partial charge in [0, 0.05) is 18.6 Å². The van der Waals surface area contributed by atoms with E-state index in [1.807, 2.05) is 19.9 Å². The Kier molecular flexibility index (Phi) is 12.1. The van der Waals surface area contributed by atoms with Crippen LogP contribution in [0.2, 0.25) is 0 Å². The van der Waals surface area contributed by atoms with Crippen LogP contribution in [-0.4, -0.2) is 63.8 Å². The molecule has 0 heterocycles. The summed E-state index contributed by atoms with van der Waals surface area (Å²) in [5.74, 6) is -3.32. The monoisotopic (exact) mass is 544 g/mol. The van der Waals surface area contributed by atoms with Gasteiger partial charge in [-0.2, -0.15) is 12.6 Å². The summed E-state index contributed by atoms with van der Waals surface area (Å²) in [6.07, 6.45) is 0.821. The molecule has 0 aromatic heterocycles. The van der Waals surface area contributed by atoms with Crippen molar-refractivity contribution in [2.45, 2.75) is 57.3 Å². The van der Waals surface area contributed by atoms with Crippen molar-refractivity contribution in [2.24, 2.45) is 11.7 Å². The molecule has 0 aliphatic carbocycles. The molecule has 5 unspecified atom stereocenters. The number of aromatic hydroxyl groups is 1. The molecular formula is C27H36N4O6S. The van der Waals surface area contributed by atoms with Gasteiger partial charge in [0.25, 0.3) is 0 Å². The van der Waals surface area contributed by atoms with Crippen LogP contribution in [0.5, 0.6) is 5.75 Å². The summed E-state index contributed by atoms with van der Waals surface area (Å²) in [4.78, 5) is 50.9. The number of rotatable bonds is 14. The average Bonchev–Trinajstić information content (AvgIpc) is 2.91. The normalized spacial score (nSPS) is 14.8. The Morgan fingerprint density at radius 1 is 0.816 bits per heavy atom. The third-order valence-electron chi connectivity index (χ3n) is 6.28. The van der Waals surface area contributed by atoms with Crippen LogP contribution < -0.4 is 21.7 Å². The zero-order valence-corrected chi connectivity index (χ0v) is 22.4. The molecule has 0 aliphatic rings. The number of nitrogens with one attached hydrogen (secondary N) is 3. The van der Waals surface area contributed by atoms with Gasteiger partial charge < -0.3 is 31.9 Å². The fourth-order valence-electron chi connectivity index (χ4n) is 3.65. The maximum absolute atomic E-state index is 13.5. The van der Waals surface area contributed by atoms with Gasteiger partial charge in [0.15, 0.2) is 0 Å². The van der Waals surface area contributed by atoms with Gasteiger partial charge in [0.1, 0.15) is 23.9 Å². The second kappa shape index (κ2) is 15.0. The minimum Gasteiger partial charge on any atom is -0.508 e. The standard InChI is InChI=1S/C27H36N4O6S/c1-3-16(2)23(28)26(35)30-21(14-18-9-11-19(32)12-10-18)24(33)29-20(13-17-7-5-4-6-8-17)25(34)31-22(15-38)27(36)37/h4-12,16,20-23,32,38H,3,13-15,28H2,1-2H3,(H,29,33)(H,30,35)(H,31,34)(H,36,37). The summed E-state index contributed by atoms with van der Waals surface area (Å²) < 4.78 is 0. The predicted molar refractivity (Wildman–Crippen MR) is 147 cm³/mol. The van der Waals surface area contributed by atoms with Gasteiger partial charge in [-0.3, -0.25) is 14.4 Å². The molecule has 0 radical (unpaired) electrons. The summed E-state index contributed by atoms with van der Waals surface area (Å²) in [5.41, 5.74) is 7.48. The molecule has 2 rings (SSSR count). The van der Waals surface area contributed by atoms with Crippen LogP contribution in [0.4, 0.5) is 0 Å². The number of phenols is 1. The molecule has 10 nitrogen and oxygen atoms in total. The van der Waals surface area contributed by atoms with E-state index in [1.54, 1.807) is 36.4 Å².